The highest BCUT2D eigenvalue weighted by Crippen LogP contribution is 2.31. The predicted molar refractivity (Wildman–Crippen MR) is 45.8 cm³/mol. The summed E-state index contributed by atoms with van der Waals surface area (Å²) in [5.41, 5.74) is -0.163. The maximum absolute atomic E-state index is 12.3. The number of rotatable bonds is 1. The Hall–Kier alpha value is -1.26. The van der Waals surface area contributed by atoms with E-state index in [-0.39, 0.29) is 0 Å². The van der Waals surface area contributed by atoms with Gasteiger partial charge in [-0.25, -0.2) is 0 Å². The Morgan fingerprint density at radius 2 is 1.93 bits per heavy atom. The average Bonchev–Trinajstić information content (AvgIpc) is 2.00. The Morgan fingerprint density at radius 1 is 1.21 bits per heavy atom. The van der Waals surface area contributed by atoms with E-state index in [1.165, 1.54) is 6.20 Å². The molecule has 1 aromatic rings. The van der Waals surface area contributed by atoms with E-state index in [2.05, 4.69) is 4.98 Å². The number of pyridine rings is 1. The second kappa shape index (κ2) is 3.15. The molecule has 0 bridgehead atoms. The number of aromatic nitrogens is 1. The molecule has 1 radical (unpaired) electrons. The summed E-state index contributed by atoms with van der Waals surface area (Å²) in [5.74, 6) is 0. The van der Waals surface area contributed by atoms with Gasteiger partial charge in [-0.1, -0.05) is 0 Å². The van der Waals surface area contributed by atoms with Gasteiger partial charge in [-0.15, -0.1) is 0 Å². The van der Waals surface area contributed by atoms with Gasteiger partial charge in [0, 0.05) is 25.7 Å². The van der Waals surface area contributed by atoms with E-state index in [9.17, 15) is 13.2 Å². The molecule has 1 aliphatic heterocycles. The van der Waals surface area contributed by atoms with Gasteiger partial charge in [0.1, 0.15) is 0 Å². The van der Waals surface area contributed by atoms with Crippen molar-refractivity contribution in [3.8, 4) is 0 Å². The van der Waals surface area contributed by atoms with Gasteiger partial charge in [0.15, 0.2) is 0 Å². The van der Waals surface area contributed by atoms with Crippen LogP contribution >= 0.6 is 0 Å². The maximum Gasteiger partial charge on any atom is 0.417 e. The van der Waals surface area contributed by atoms with Crippen LogP contribution in [0.5, 0.6) is 0 Å². The molecule has 1 fully saturated rings. The number of alkyl halides is 3. The lowest BCUT2D eigenvalue weighted by Crippen LogP contribution is -2.37. The zero-order chi connectivity index (χ0) is 10.2. The van der Waals surface area contributed by atoms with Crippen molar-refractivity contribution in [2.75, 3.05) is 18.0 Å². The molecule has 0 saturated carbocycles. The Labute approximate surface area is 79.4 Å². The molecule has 0 atom stereocenters. The van der Waals surface area contributed by atoms with E-state index in [0.29, 0.717) is 18.8 Å². The third-order valence-corrected chi connectivity index (χ3v) is 2.12. The van der Waals surface area contributed by atoms with Crippen LogP contribution in [0.1, 0.15) is 5.56 Å². The van der Waals surface area contributed by atoms with Crippen LogP contribution in [0.2, 0.25) is 0 Å². The van der Waals surface area contributed by atoms with Crippen LogP contribution in [0.15, 0.2) is 18.5 Å². The van der Waals surface area contributed by atoms with Crippen LogP contribution in [0.4, 0.5) is 18.9 Å². The summed E-state index contributed by atoms with van der Waals surface area (Å²) < 4.78 is 36.9. The summed E-state index contributed by atoms with van der Waals surface area (Å²) in [5, 5.41) is 0. The molecule has 2 rings (SSSR count). The molecule has 0 aromatic carbocycles. The van der Waals surface area contributed by atoms with Crippen LogP contribution < -0.4 is 4.90 Å². The van der Waals surface area contributed by atoms with Gasteiger partial charge in [-0.2, -0.15) is 13.2 Å². The molecule has 1 aliphatic rings. The third kappa shape index (κ3) is 1.66. The minimum Gasteiger partial charge on any atom is -0.370 e. The quantitative estimate of drug-likeness (QED) is 0.691. The highest BCUT2D eigenvalue weighted by atomic mass is 19.4. The van der Waals surface area contributed by atoms with E-state index in [1.54, 1.807) is 0 Å². The monoisotopic (exact) mass is 201 g/mol. The molecule has 0 amide bonds. The SMILES string of the molecule is FC(F)(F)c1cncc(N2C[CH]C2)c1. The molecule has 2 heterocycles. The fourth-order valence-electron chi connectivity index (χ4n) is 1.22. The zero-order valence-electron chi connectivity index (χ0n) is 7.25. The number of hydrogen-bond acceptors (Lipinski definition) is 2. The van der Waals surface area contributed by atoms with Crippen molar-refractivity contribution in [2.24, 2.45) is 0 Å². The highest BCUT2D eigenvalue weighted by molar-refractivity contribution is 5.50. The van der Waals surface area contributed by atoms with Crippen molar-refractivity contribution >= 4 is 5.69 Å². The van der Waals surface area contributed by atoms with Crippen LogP contribution in [-0.4, -0.2) is 18.1 Å². The topological polar surface area (TPSA) is 16.1 Å². The van der Waals surface area contributed by atoms with Crippen LogP contribution in [0.3, 0.4) is 0 Å². The Kier molecular flexibility index (Phi) is 2.09. The van der Waals surface area contributed by atoms with Crippen molar-refractivity contribution < 1.29 is 13.2 Å². The number of nitrogens with zero attached hydrogens (tertiary/aromatic N) is 2. The molecular formula is C9H8F3N2. The van der Waals surface area contributed by atoms with Crippen molar-refractivity contribution in [3.63, 3.8) is 0 Å². The second-order valence-corrected chi connectivity index (χ2v) is 3.12. The fraction of sp³-hybridized carbons (Fsp3) is 0.333. The van der Waals surface area contributed by atoms with Crippen LogP contribution in [0.25, 0.3) is 0 Å². The van der Waals surface area contributed by atoms with Gasteiger partial charge < -0.3 is 4.90 Å². The normalized spacial score (nSPS) is 16.6. The lowest BCUT2D eigenvalue weighted by atomic mass is 10.1. The molecule has 0 spiro atoms. The van der Waals surface area contributed by atoms with E-state index in [4.69, 9.17) is 0 Å². The lowest BCUT2D eigenvalue weighted by molar-refractivity contribution is -0.137. The van der Waals surface area contributed by atoms with Gasteiger partial charge in [0.25, 0.3) is 0 Å². The Bertz CT molecular complexity index is 331. The molecule has 75 valence electrons. The number of anilines is 1. The summed E-state index contributed by atoms with van der Waals surface area (Å²) in [6.45, 7) is 1.39. The summed E-state index contributed by atoms with van der Waals surface area (Å²) in [7, 11) is 0. The minimum absolute atomic E-state index is 0.530. The molecular weight excluding hydrogens is 193 g/mol. The largest absolute Gasteiger partial charge is 0.417 e. The predicted octanol–water partition coefficient (Wildman–Crippen LogP) is 2.12. The molecule has 2 nitrogen and oxygen atoms in total. The van der Waals surface area contributed by atoms with E-state index in [1.807, 2.05) is 11.3 Å². The van der Waals surface area contributed by atoms with Crippen LogP contribution in [0, 0.1) is 6.42 Å². The second-order valence-electron chi connectivity index (χ2n) is 3.12. The summed E-state index contributed by atoms with van der Waals surface area (Å²) >= 11 is 0. The molecule has 5 heteroatoms. The third-order valence-electron chi connectivity index (χ3n) is 2.12. The molecule has 0 N–H and O–H groups in total. The molecule has 1 saturated heterocycles. The van der Waals surface area contributed by atoms with Gasteiger partial charge in [-0.3, -0.25) is 4.98 Å². The van der Waals surface area contributed by atoms with Gasteiger partial charge in [0.2, 0.25) is 0 Å². The fourth-order valence-corrected chi connectivity index (χ4v) is 1.22. The maximum atomic E-state index is 12.3. The van der Waals surface area contributed by atoms with E-state index < -0.39 is 11.7 Å². The van der Waals surface area contributed by atoms with Gasteiger partial charge in [0.05, 0.1) is 17.4 Å². The van der Waals surface area contributed by atoms with Gasteiger partial charge >= 0.3 is 6.18 Å². The minimum atomic E-state index is -4.31. The first-order valence-electron chi connectivity index (χ1n) is 4.16. The summed E-state index contributed by atoms with van der Waals surface area (Å²) in [6, 6.07) is 1.12. The molecule has 0 aliphatic carbocycles. The van der Waals surface area contributed by atoms with Crippen molar-refractivity contribution in [3.05, 3.63) is 30.4 Å². The Balaban J connectivity index is 2.26. The van der Waals surface area contributed by atoms with Crippen molar-refractivity contribution in [1.29, 1.82) is 0 Å². The van der Waals surface area contributed by atoms with Crippen molar-refractivity contribution in [1.82, 2.24) is 4.98 Å². The highest BCUT2D eigenvalue weighted by Gasteiger charge is 2.31. The summed E-state index contributed by atoms with van der Waals surface area (Å²) in [4.78, 5) is 5.40. The molecule has 0 unspecified atom stereocenters. The first kappa shape index (κ1) is 9.30. The van der Waals surface area contributed by atoms with E-state index in [0.717, 1.165) is 12.3 Å². The van der Waals surface area contributed by atoms with Crippen LogP contribution in [-0.2, 0) is 6.18 Å². The number of halogens is 3. The first-order chi connectivity index (χ1) is 6.57. The van der Waals surface area contributed by atoms with Gasteiger partial charge in [-0.05, 0) is 6.07 Å². The molecule has 14 heavy (non-hydrogen) atoms. The van der Waals surface area contributed by atoms with E-state index >= 15 is 0 Å². The summed E-state index contributed by atoms with van der Waals surface area (Å²) in [6.07, 6.45) is -0.0346. The zero-order valence-corrected chi connectivity index (χ0v) is 7.25. The lowest BCUT2D eigenvalue weighted by Gasteiger charge is -2.32. The first-order valence-corrected chi connectivity index (χ1v) is 4.16. The standard InChI is InChI=1S/C9H8F3N2/c10-9(11,12)7-4-8(6-13-5-7)14-2-1-3-14/h1,4-6H,2-3H2. The number of hydrogen-bond donors (Lipinski definition) is 0. The Morgan fingerprint density at radius 3 is 2.43 bits per heavy atom. The average molecular weight is 201 g/mol. The molecule has 1 aromatic heterocycles. The van der Waals surface area contributed by atoms with Crippen molar-refractivity contribution in [2.45, 2.75) is 6.18 Å². The smallest absolute Gasteiger partial charge is 0.370 e.